The summed E-state index contributed by atoms with van der Waals surface area (Å²) >= 11 is 0. The van der Waals surface area contributed by atoms with Gasteiger partial charge in [0.25, 0.3) is 5.92 Å². The van der Waals surface area contributed by atoms with Gasteiger partial charge in [-0.3, -0.25) is 0 Å². The molecule has 1 fully saturated rings. The minimum absolute atomic E-state index is 0.0174. The number of halogens is 2. The molecule has 1 heterocycles. The van der Waals surface area contributed by atoms with Crippen molar-refractivity contribution in [2.75, 3.05) is 6.54 Å². The summed E-state index contributed by atoms with van der Waals surface area (Å²) in [7, 11) is 0. The topological polar surface area (TPSA) is 12.0 Å². The molecule has 1 saturated heterocycles. The molecule has 3 heteroatoms. The molecule has 1 rings (SSSR count). The van der Waals surface area contributed by atoms with Gasteiger partial charge in [-0.1, -0.05) is 6.92 Å². The van der Waals surface area contributed by atoms with Crippen molar-refractivity contribution in [2.24, 2.45) is 0 Å². The lowest BCUT2D eigenvalue weighted by molar-refractivity contribution is 0.0210. The predicted octanol–water partition coefficient (Wildman–Crippen LogP) is 1.39. The van der Waals surface area contributed by atoms with Gasteiger partial charge in [0.2, 0.25) is 0 Å². The highest BCUT2D eigenvalue weighted by atomic mass is 19.3. The van der Waals surface area contributed by atoms with Crippen LogP contribution in [-0.2, 0) is 0 Å². The van der Waals surface area contributed by atoms with Crippen molar-refractivity contribution in [3.8, 4) is 0 Å². The van der Waals surface area contributed by atoms with Crippen molar-refractivity contribution in [1.82, 2.24) is 5.32 Å². The number of hydrogen-bond donors (Lipinski definition) is 1. The van der Waals surface area contributed by atoms with Gasteiger partial charge in [-0.25, -0.2) is 8.78 Å². The molecule has 0 aromatic carbocycles. The summed E-state index contributed by atoms with van der Waals surface area (Å²) in [6.07, 6.45) is 0.819. The van der Waals surface area contributed by atoms with Crippen LogP contribution in [0.15, 0.2) is 0 Å². The van der Waals surface area contributed by atoms with E-state index in [9.17, 15) is 8.78 Å². The molecule has 54 valence electrons. The number of rotatable bonds is 1. The van der Waals surface area contributed by atoms with Crippen LogP contribution in [0.2, 0.25) is 0 Å². The third kappa shape index (κ3) is 1.61. The number of alkyl halides is 2. The van der Waals surface area contributed by atoms with Crippen LogP contribution >= 0.6 is 0 Å². The molecule has 0 spiro atoms. The van der Waals surface area contributed by atoms with Crippen LogP contribution in [-0.4, -0.2) is 18.5 Å². The van der Waals surface area contributed by atoms with Gasteiger partial charge in [0, 0.05) is 12.5 Å². The van der Waals surface area contributed by atoms with Gasteiger partial charge in [-0.15, -0.1) is 0 Å². The van der Waals surface area contributed by atoms with Gasteiger partial charge in [-0.2, -0.15) is 0 Å². The molecule has 9 heavy (non-hydrogen) atoms. The van der Waals surface area contributed by atoms with Crippen LogP contribution in [0.5, 0.6) is 0 Å². The smallest absolute Gasteiger partial charge is 0.261 e. The lowest BCUT2D eigenvalue weighted by Crippen LogP contribution is -2.21. The lowest BCUT2D eigenvalue weighted by Gasteiger charge is -2.05. The van der Waals surface area contributed by atoms with E-state index in [1.165, 1.54) is 0 Å². The van der Waals surface area contributed by atoms with Crippen LogP contribution in [0.1, 0.15) is 19.8 Å². The molecule has 1 atom stereocenters. The Hall–Kier alpha value is -0.180. The van der Waals surface area contributed by atoms with Crippen LogP contribution < -0.4 is 5.32 Å². The first-order valence-electron chi connectivity index (χ1n) is 3.25. The zero-order valence-electron chi connectivity index (χ0n) is 5.45. The third-order valence-corrected chi connectivity index (χ3v) is 1.69. The van der Waals surface area contributed by atoms with E-state index in [1.54, 1.807) is 0 Å². The van der Waals surface area contributed by atoms with Gasteiger partial charge in [-0.05, 0) is 6.42 Å². The molecule has 0 amide bonds. The summed E-state index contributed by atoms with van der Waals surface area (Å²) in [5.74, 6) is -2.44. The first kappa shape index (κ1) is 6.93. The highest BCUT2D eigenvalue weighted by Crippen LogP contribution is 2.25. The second-order valence-corrected chi connectivity index (χ2v) is 2.55. The van der Waals surface area contributed by atoms with E-state index < -0.39 is 5.92 Å². The van der Waals surface area contributed by atoms with Crippen molar-refractivity contribution < 1.29 is 8.78 Å². The zero-order valence-corrected chi connectivity index (χ0v) is 5.45. The Morgan fingerprint density at radius 2 is 2.33 bits per heavy atom. The summed E-state index contributed by atoms with van der Waals surface area (Å²) in [5, 5.41) is 2.75. The number of hydrogen-bond acceptors (Lipinski definition) is 1. The summed E-state index contributed by atoms with van der Waals surface area (Å²) in [6, 6.07) is 0.0417. The van der Waals surface area contributed by atoms with Crippen molar-refractivity contribution >= 4 is 0 Å². The molecule has 1 aliphatic heterocycles. The zero-order chi connectivity index (χ0) is 6.91. The minimum Gasteiger partial charge on any atom is -0.308 e. The van der Waals surface area contributed by atoms with Crippen molar-refractivity contribution in [3.63, 3.8) is 0 Å². The summed E-state index contributed by atoms with van der Waals surface area (Å²) in [5.41, 5.74) is 0. The van der Waals surface area contributed by atoms with E-state index in [1.807, 2.05) is 6.92 Å². The Balaban J connectivity index is 2.38. The first-order valence-corrected chi connectivity index (χ1v) is 3.25. The third-order valence-electron chi connectivity index (χ3n) is 1.69. The Kier molecular flexibility index (Phi) is 1.70. The molecular weight excluding hydrogens is 124 g/mol. The molecule has 0 bridgehead atoms. The highest BCUT2D eigenvalue weighted by molar-refractivity contribution is 4.85. The fraction of sp³-hybridized carbons (Fsp3) is 1.00. The molecule has 1 nitrogen and oxygen atoms in total. The standard InChI is InChI=1S/C6H11F2N/c1-2-5-3-6(7,8)4-9-5/h5,9H,2-4H2,1H3/t5-/m1/s1. The highest BCUT2D eigenvalue weighted by Gasteiger charge is 2.37. The van der Waals surface area contributed by atoms with E-state index in [4.69, 9.17) is 0 Å². The summed E-state index contributed by atoms with van der Waals surface area (Å²) in [6.45, 7) is 1.78. The maximum Gasteiger partial charge on any atom is 0.261 e. The normalized spacial score (nSPS) is 33.0. The Labute approximate surface area is 53.4 Å². The van der Waals surface area contributed by atoms with Gasteiger partial charge < -0.3 is 5.32 Å². The van der Waals surface area contributed by atoms with E-state index in [-0.39, 0.29) is 19.0 Å². The predicted molar refractivity (Wildman–Crippen MR) is 31.6 cm³/mol. The van der Waals surface area contributed by atoms with Crippen LogP contribution in [0.3, 0.4) is 0 Å². The quantitative estimate of drug-likeness (QED) is 0.573. The van der Waals surface area contributed by atoms with Crippen molar-refractivity contribution in [2.45, 2.75) is 31.7 Å². The van der Waals surface area contributed by atoms with Gasteiger partial charge in [0.15, 0.2) is 0 Å². The van der Waals surface area contributed by atoms with E-state index in [0.29, 0.717) is 0 Å². The Morgan fingerprint density at radius 1 is 1.67 bits per heavy atom. The monoisotopic (exact) mass is 135 g/mol. The maximum absolute atomic E-state index is 12.3. The minimum atomic E-state index is -2.44. The second kappa shape index (κ2) is 2.21. The van der Waals surface area contributed by atoms with E-state index >= 15 is 0 Å². The molecule has 0 aromatic rings. The van der Waals surface area contributed by atoms with Gasteiger partial charge >= 0.3 is 0 Å². The average Bonchev–Trinajstić information content (AvgIpc) is 2.10. The molecule has 1 N–H and O–H groups in total. The van der Waals surface area contributed by atoms with Crippen LogP contribution in [0, 0.1) is 0 Å². The maximum atomic E-state index is 12.3. The SMILES string of the molecule is CC[C@@H]1CC(F)(F)CN1. The Morgan fingerprint density at radius 3 is 2.56 bits per heavy atom. The molecule has 0 unspecified atom stereocenters. The Bertz CT molecular complexity index is 103. The molecule has 0 aromatic heterocycles. The summed E-state index contributed by atoms with van der Waals surface area (Å²) in [4.78, 5) is 0. The van der Waals surface area contributed by atoms with Crippen molar-refractivity contribution in [3.05, 3.63) is 0 Å². The van der Waals surface area contributed by atoms with Crippen LogP contribution in [0.25, 0.3) is 0 Å². The molecule has 0 radical (unpaired) electrons. The molecule has 0 aliphatic carbocycles. The van der Waals surface area contributed by atoms with Crippen molar-refractivity contribution in [1.29, 1.82) is 0 Å². The summed E-state index contributed by atoms with van der Waals surface area (Å²) < 4.78 is 24.6. The molecule has 0 saturated carbocycles. The lowest BCUT2D eigenvalue weighted by atomic mass is 10.1. The largest absolute Gasteiger partial charge is 0.308 e. The average molecular weight is 135 g/mol. The fourth-order valence-electron chi connectivity index (χ4n) is 1.09. The van der Waals surface area contributed by atoms with E-state index in [0.717, 1.165) is 6.42 Å². The van der Waals surface area contributed by atoms with Gasteiger partial charge in [0.1, 0.15) is 0 Å². The van der Waals surface area contributed by atoms with Gasteiger partial charge in [0.05, 0.1) is 6.54 Å². The molecule has 1 aliphatic rings. The van der Waals surface area contributed by atoms with E-state index in [2.05, 4.69) is 5.32 Å². The fourth-order valence-corrected chi connectivity index (χ4v) is 1.09. The number of nitrogens with one attached hydrogen (secondary N) is 1. The second-order valence-electron chi connectivity index (χ2n) is 2.55. The van der Waals surface area contributed by atoms with Crippen LogP contribution in [0.4, 0.5) is 8.78 Å². The molecular formula is C6H11F2N. The first-order chi connectivity index (χ1) is 4.14.